The fourth-order valence-electron chi connectivity index (χ4n) is 2.17. The summed E-state index contributed by atoms with van der Waals surface area (Å²) < 4.78 is 0. The SMILES string of the molecule is CN1CCC(NC(=O)c2ccc(CCl)cc2)CC1. The van der Waals surface area contributed by atoms with Gasteiger partial charge in [-0.15, -0.1) is 11.6 Å². The lowest BCUT2D eigenvalue weighted by Crippen LogP contribution is -2.43. The van der Waals surface area contributed by atoms with Crippen molar-refractivity contribution in [2.45, 2.75) is 24.8 Å². The van der Waals surface area contributed by atoms with E-state index in [9.17, 15) is 4.79 Å². The van der Waals surface area contributed by atoms with Crippen molar-refractivity contribution in [3.05, 3.63) is 35.4 Å². The number of nitrogens with zero attached hydrogens (tertiary/aromatic N) is 1. The van der Waals surface area contributed by atoms with Gasteiger partial charge in [0.25, 0.3) is 5.91 Å². The van der Waals surface area contributed by atoms with Crippen LogP contribution in [-0.2, 0) is 5.88 Å². The third kappa shape index (κ3) is 3.47. The molecule has 0 aromatic heterocycles. The van der Waals surface area contributed by atoms with Crippen LogP contribution in [0.15, 0.2) is 24.3 Å². The minimum Gasteiger partial charge on any atom is -0.349 e. The molecule has 0 saturated carbocycles. The van der Waals surface area contributed by atoms with E-state index in [0.29, 0.717) is 17.5 Å². The number of amides is 1. The molecular formula is C14H19ClN2O. The molecule has 0 aliphatic carbocycles. The summed E-state index contributed by atoms with van der Waals surface area (Å²) in [6.07, 6.45) is 2.06. The lowest BCUT2D eigenvalue weighted by Gasteiger charge is -2.29. The third-order valence-electron chi connectivity index (χ3n) is 3.42. The molecule has 18 heavy (non-hydrogen) atoms. The van der Waals surface area contributed by atoms with Gasteiger partial charge >= 0.3 is 0 Å². The first-order chi connectivity index (χ1) is 8.69. The second-order valence-electron chi connectivity index (χ2n) is 4.88. The van der Waals surface area contributed by atoms with Crippen LogP contribution in [0.4, 0.5) is 0 Å². The molecule has 3 nitrogen and oxygen atoms in total. The van der Waals surface area contributed by atoms with Crippen molar-refractivity contribution < 1.29 is 4.79 Å². The van der Waals surface area contributed by atoms with Gasteiger partial charge in [-0.1, -0.05) is 12.1 Å². The van der Waals surface area contributed by atoms with Gasteiger partial charge in [0.2, 0.25) is 0 Å². The highest BCUT2D eigenvalue weighted by Gasteiger charge is 2.18. The highest BCUT2D eigenvalue weighted by Crippen LogP contribution is 2.11. The second-order valence-corrected chi connectivity index (χ2v) is 5.15. The van der Waals surface area contributed by atoms with Crippen LogP contribution in [0.3, 0.4) is 0 Å². The van der Waals surface area contributed by atoms with Crippen LogP contribution in [0, 0.1) is 0 Å². The molecule has 2 rings (SSSR count). The summed E-state index contributed by atoms with van der Waals surface area (Å²) in [5, 5.41) is 3.09. The van der Waals surface area contributed by atoms with Crippen LogP contribution in [0.5, 0.6) is 0 Å². The molecule has 0 bridgehead atoms. The van der Waals surface area contributed by atoms with Crippen molar-refractivity contribution in [3.63, 3.8) is 0 Å². The normalized spacial score (nSPS) is 17.7. The molecule has 0 radical (unpaired) electrons. The third-order valence-corrected chi connectivity index (χ3v) is 3.73. The Morgan fingerprint density at radius 1 is 1.33 bits per heavy atom. The molecule has 1 saturated heterocycles. The molecule has 1 aromatic rings. The highest BCUT2D eigenvalue weighted by molar-refractivity contribution is 6.17. The molecule has 1 aliphatic heterocycles. The molecule has 4 heteroatoms. The summed E-state index contributed by atoms with van der Waals surface area (Å²) in [5.41, 5.74) is 1.75. The first-order valence-corrected chi connectivity index (χ1v) is 6.87. The maximum atomic E-state index is 12.0. The molecule has 1 N–H and O–H groups in total. The number of rotatable bonds is 3. The average Bonchev–Trinajstić information content (AvgIpc) is 2.41. The largest absolute Gasteiger partial charge is 0.349 e. The van der Waals surface area contributed by atoms with Crippen LogP contribution in [0.25, 0.3) is 0 Å². The second kappa shape index (κ2) is 6.21. The monoisotopic (exact) mass is 266 g/mol. The Hall–Kier alpha value is -1.06. The van der Waals surface area contributed by atoms with Gasteiger partial charge in [0.15, 0.2) is 0 Å². The van der Waals surface area contributed by atoms with E-state index < -0.39 is 0 Å². The van der Waals surface area contributed by atoms with Crippen LogP contribution in [0.2, 0.25) is 0 Å². The minimum atomic E-state index is 0.0191. The summed E-state index contributed by atoms with van der Waals surface area (Å²) in [6.45, 7) is 2.10. The van der Waals surface area contributed by atoms with Gasteiger partial charge in [0, 0.05) is 17.5 Å². The fourth-order valence-corrected chi connectivity index (χ4v) is 2.35. The van der Waals surface area contributed by atoms with Gasteiger partial charge in [0.1, 0.15) is 0 Å². The highest BCUT2D eigenvalue weighted by atomic mass is 35.5. The Balaban J connectivity index is 1.90. The van der Waals surface area contributed by atoms with E-state index in [1.165, 1.54) is 0 Å². The molecule has 98 valence electrons. The Labute approximate surface area is 113 Å². The quantitative estimate of drug-likeness (QED) is 0.851. The molecule has 1 heterocycles. The number of halogens is 1. The summed E-state index contributed by atoms with van der Waals surface area (Å²) in [6, 6.07) is 7.78. The van der Waals surface area contributed by atoms with E-state index >= 15 is 0 Å². The molecule has 0 atom stereocenters. The van der Waals surface area contributed by atoms with Crippen molar-refractivity contribution >= 4 is 17.5 Å². The number of alkyl halides is 1. The van der Waals surface area contributed by atoms with Gasteiger partial charge in [-0.2, -0.15) is 0 Å². The minimum absolute atomic E-state index is 0.0191. The van der Waals surface area contributed by atoms with Gasteiger partial charge in [-0.3, -0.25) is 4.79 Å². The van der Waals surface area contributed by atoms with E-state index in [-0.39, 0.29) is 5.91 Å². The topological polar surface area (TPSA) is 32.3 Å². The number of hydrogen-bond acceptors (Lipinski definition) is 2. The summed E-state index contributed by atoms with van der Waals surface area (Å²) in [7, 11) is 2.11. The zero-order valence-corrected chi connectivity index (χ0v) is 11.4. The van der Waals surface area contributed by atoms with E-state index in [4.69, 9.17) is 11.6 Å². The Morgan fingerprint density at radius 2 is 1.94 bits per heavy atom. The Bertz CT molecular complexity index is 397. The van der Waals surface area contributed by atoms with Crippen LogP contribution in [-0.4, -0.2) is 37.0 Å². The summed E-state index contributed by atoms with van der Waals surface area (Å²) in [4.78, 5) is 14.3. The predicted octanol–water partition coefficient (Wildman–Crippen LogP) is 2.25. The number of likely N-dealkylation sites (tertiary alicyclic amines) is 1. The van der Waals surface area contributed by atoms with E-state index in [1.54, 1.807) is 0 Å². The van der Waals surface area contributed by atoms with Crippen molar-refractivity contribution in [1.29, 1.82) is 0 Å². The molecular weight excluding hydrogens is 248 g/mol. The number of carbonyl (C=O) groups excluding carboxylic acids is 1. The molecule has 1 aromatic carbocycles. The lowest BCUT2D eigenvalue weighted by molar-refractivity contribution is 0.0917. The first kappa shape index (κ1) is 13.4. The predicted molar refractivity (Wildman–Crippen MR) is 74.0 cm³/mol. The van der Waals surface area contributed by atoms with Gasteiger partial charge in [-0.05, 0) is 50.7 Å². The van der Waals surface area contributed by atoms with Crippen molar-refractivity contribution in [1.82, 2.24) is 10.2 Å². The zero-order valence-electron chi connectivity index (χ0n) is 10.7. The number of nitrogens with one attached hydrogen (secondary N) is 1. The summed E-state index contributed by atoms with van der Waals surface area (Å²) >= 11 is 5.72. The number of carbonyl (C=O) groups is 1. The summed E-state index contributed by atoms with van der Waals surface area (Å²) in [5.74, 6) is 0.502. The van der Waals surface area contributed by atoms with Gasteiger partial charge in [-0.25, -0.2) is 0 Å². The standard InChI is InChI=1S/C14H19ClN2O/c1-17-8-6-13(7-9-17)16-14(18)12-4-2-11(10-15)3-5-12/h2-5,13H,6-10H2,1H3,(H,16,18). The van der Waals surface area contributed by atoms with Gasteiger partial charge < -0.3 is 10.2 Å². The maximum absolute atomic E-state index is 12.0. The van der Waals surface area contributed by atoms with Crippen LogP contribution in [0.1, 0.15) is 28.8 Å². The van der Waals surface area contributed by atoms with Crippen LogP contribution >= 0.6 is 11.6 Å². The molecule has 1 amide bonds. The smallest absolute Gasteiger partial charge is 0.251 e. The Morgan fingerprint density at radius 3 is 2.50 bits per heavy atom. The van der Waals surface area contributed by atoms with Crippen molar-refractivity contribution in [2.75, 3.05) is 20.1 Å². The number of benzene rings is 1. The maximum Gasteiger partial charge on any atom is 0.251 e. The molecule has 1 fully saturated rings. The van der Waals surface area contributed by atoms with Crippen LogP contribution < -0.4 is 5.32 Å². The number of hydrogen-bond donors (Lipinski definition) is 1. The molecule has 0 unspecified atom stereocenters. The first-order valence-electron chi connectivity index (χ1n) is 6.33. The van der Waals surface area contributed by atoms with E-state index in [2.05, 4.69) is 17.3 Å². The average molecular weight is 267 g/mol. The number of piperidine rings is 1. The Kier molecular flexibility index (Phi) is 4.61. The molecule has 1 aliphatic rings. The fraction of sp³-hybridized carbons (Fsp3) is 0.500. The van der Waals surface area contributed by atoms with E-state index in [0.717, 1.165) is 31.5 Å². The zero-order chi connectivity index (χ0) is 13.0. The van der Waals surface area contributed by atoms with Crippen molar-refractivity contribution in [2.24, 2.45) is 0 Å². The van der Waals surface area contributed by atoms with Crippen molar-refractivity contribution in [3.8, 4) is 0 Å². The lowest BCUT2D eigenvalue weighted by atomic mass is 10.0. The van der Waals surface area contributed by atoms with Gasteiger partial charge in [0.05, 0.1) is 0 Å². The molecule has 0 spiro atoms. The van der Waals surface area contributed by atoms with E-state index in [1.807, 2.05) is 24.3 Å².